The Kier molecular flexibility index (Phi) is 2.57. The van der Waals surface area contributed by atoms with Gasteiger partial charge in [-0.2, -0.15) is 0 Å². The van der Waals surface area contributed by atoms with Crippen molar-refractivity contribution >= 4 is 29.2 Å². The molecule has 0 unspecified atom stereocenters. The fourth-order valence-corrected chi connectivity index (χ4v) is 1.44. The van der Waals surface area contributed by atoms with Gasteiger partial charge in [0.25, 0.3) is 4.32 Å². The van der Waals surface area contributed by atoms with Gasteiger partial charge >= 0.3 is 0 Å². The predicted molar refractivity (Wildman–Crippen MR) is 49.0 cm³/mol. The molecule has 1 fully saturated rings. The van der Waals surface area contributed by atoms with Crippen LogP contribution in [0.4, 0.5) is 0 Å². The van der Waals surface area contributed by atoms with Gasteiger partial charge in [-0.1, -0.05) is 0 Å². The zero-order valence-electron chi connectivity index (χ0n) is 6.09. The van der Waals surface area contributed by atoms with Crippen LogP contribution in [0.25, 0.3) is 0 Å². The van der Waals surface area contributed by atoms with Crippen LogP contribution in [0.5, 0.6) is 0 Å². The van der Waals surface area contributed by atoms with Gasteiger partial charge < -0.3 is 5.32 Å². The van der Waals surface area contributed by atoms with Gasteiger partial charge in [-0.25, -0.2) is 0 Å². The highest BCUT2D eigenvalue weighted by molar-refractivity contribution is 8.10. The minimum Gasteiger partial charge on any atom is -0.306 e. The molecule has 4 heteroatoms. The van der Waals surface area contributed by atoms with Gasteiger partial charge in [0.2, 0.25) is 0 Å². The topological polar surface area (TPSA) is 12.0 Å². The van der Waals surface area contributed by atoms with E-state index in [2.05, 4.69) is 12.4 Å². The summed E-state index contributed by atoms with van der Waals surface area (Å²) in [5, 5.41) is 3.27. The molecule has 1 saturated heterocycles. The summed E-state index contributed by atoms with van der Waals surface area (Å²) in [6.45, 7) is 4.16. The fourth-order valence-electron chi connectivity index (χ4n) is 1.07. The molecule has 0 atom stereocenters. The Balaban J connectivity index is 2.56. The van der Waals surface area contributed by atoms with Gasteiger partial charge in [-0.3, -0.25) is 4.48 Å². The van der Waals surface area contributed by atoms with Gasteiger partial charge in [0.1, 0.15) is 0 Å². The van der Waals surface area contributed by atoms with E-state index in [0.29, 0.717) is 4.32 Å². The maximum atomic E-state index is 4.99. The van der Waals surface area contributed by atoms with Crippen molar-refractivity contribution in [3.8, 4) is 0 Å². The number of rotatable bonds is 0. The second-order valence-electron chi connectivity index (χ2n) is 2.86. The van der Waals surface area contributed by atoms with Crippen molar-refractivity contribution in [1.29, 1.82) is 0 Å². The highest BCUT2D eigenvalue weighted by Crippen LogP contribution is 2.08. The third-order valence-electron chi connectivity index (χ3n) is 2.00. The molecule has 57 valence electrons. The number of nitrogens with zero attached hydrogens (tertiary/aromatic N) is 1. The summed E-state index contributed by atoms with van der Waals surface area (Å²) < 4.78 is 1.49. The molecule has 1 aliphatic rings. The molecule has 0 bridgehead atoms. The summed E-state index contributed by atoms with van der Waals surface area (Å²) in [6.07, 6.45) is 0. The summed E-state index contributed by atoms with van der Waals surface area (Å²) in [5.41, 5.74) is 0. The highest BCUT2D eigenvalue weighted by Gasteiger charge is 2.28. The van der Waals surface area contributed by atoms with Crippen LogP contribution in [-0.4, -0.2) is 42.0 Å². The number of hydrogen-bond acceptors (Lipinski definition) is 2. The van der Waals surface area contributed by atoms with Crippen LogP contribution in [0.3, 0.4) is 0 Å². The monoisotopic (exact) mass is 176 g/mol. The minimum atomic E-state index is 0.696. The van der Waals surface area contributed by atoms with Crippen molar-refractivity contribution in [3.05, 3.63) is 0 Å². The number of nitrogens with one attached hydrogen (secondary N) is 1. The standard InChI is InChI=1S/C6H12N2S2/c1-8(6(9)10)4-2-7-3-5-8/h7H,2-5H2,1H3/q+1. The van der Waals surface area contributed by atoms with Crippen molar-refractivity contribution in [2.75, 3.05) is 33.2 Å². The Morgan fingerprint density at radius 1 is 1.40 bits per heavy atom. The summed E-state index contributed by atoms with van der Waals surface area (Å²) >= 11 is 9.98. The lowest BCUT2D eigenvalue weighted by molar-refractivity contribution is -0.816. The van der Waals surface area contributed by atoms with Crippen LogP contribution in [-0.2, 0) is 0 Å². The first kappa shape index (κ1) is 8.33. The first-order chi connectivity index (χ1) is 4.65. The SMILES string of the molecule is C[N+]1(C([S])=S)CCNCC1. The van der Waals surface area contributed by atoms with Crippen molar-refractivity contribution in [3.63, 3.8) is 0 Å². The largest absolute Gasteiger partial charge is 0.306 e. The molecule has 0 aromatic heterocycles. The molecule has 1 rings (SSSR count). The first-order valence-corrected chi connectivity index (χ1v) is 4.24. The lowest BCUT2D eigenvalue weighted by atomic mass is 10.3. The Hall–Kier alpha value is 0.230. The van der Waals surface area contributed by atoms with Gasteiger partial charge in [-0.05, 0) is 24.8 Å². The summed E-state index contributed by atoms with van der Waals surface area (Å²) in [4.78, 5) is 0. The lowest BCUT2D eigenvalue weighted by Gasteiger charge is -2.34. The van der Waals surface area contributed by atoms with Gasteiger partial charge in [0, 0.05) is 13.1 Å². The van der Waals surface area contributed by atoms with E-state index in [1.54, 1.807) is 0 Å². The van der Waals surface area contributed by atoms with E-state index in [-0.39, 0.29) is 0 Å². The molecular formula is C6H12N2S2+. The Labute approximate surface area is 72.6 Å². The van der Waals surface area contributed by atoms with Crippen LogP contribution < -0.4 is 5.32 Å². The maximum Gasteiger partial charge on any atom is 0.265 e. The van der Waals surface area contributed by atoms with Crippen LogP contribution >= 0.6 is 24.8 Å². The summed E-state index contributed by atoms with van der Waals surface area (Å²) in [5.74, 6) is 0. The van der Waals surface area contributed by atoms with E-state index >= 15 is 0 Å². The highest BCUT2D eigenvalue weighted by atomic mass is 32.1. The van der Waals surface area contributed by atoms with E-state index in [9.17, 15) is 0 Å². The molecular weight excluding hydrogens is 164 g/mol. The third-order valence-corrected chi connectivity index (χ3v) is 2.89. The van der Waals surface area contributed by atoms with Gasteiger partial charge in [-0.15, -0.1) is 0 Å². The zero-order chi connectivity index (χ0) is 7.61. The number of hydrogen-bond donors (Lipinski definition) is 1. The molecule has 0 saturated carbocycles. The molecule has 2 nitrogen and oxygen atoms in total. The van der Waals surface area contributed by atoms with Crippen molar-refractivity contribution in [1.82, 2.24) is 5.32 Å². The quantitative estimate of drug-likeness (QED) is 0.426. The van der Waals surface area contributed by atoms with E-state index in [1.807, 2.05) is 0 Å². The Bertz CT molecular complexity index is 141. The number of piperazine rings is 1. The van der Waals surface area contributed by atoms with Crippen molar-refractivity contribution in [2.24, 2.45) is 0 Å². The van der Waals surface area contributed by atoms with E-state index < -0.39 is 0 Å². The first-order valence-electron chi connectivity index (χ1n) is 3.42. The van der Waals surface area contributed by atoms with Crippen LogP contribution in [0.2, 0.25) is 0 Å². The average Bonchev–Trinajstić information content (AvgIpc) is 1.89. The van der Waals surface area contributed by atoms with E-state index in [1.165, 1.54) is 0 Å². The molecule has 0 amide bonds. The zero-order valence-corrected chi connectivity index (χ0v) is 7.73. The number of quaternary nitrogens is 1. The Morgan fingerprint density at radius 3 is 2.20 bits per heavy atom. The van der Waals surface area contributed by atoms with Crippen molar-refractivity contribution < 1.29 is 4.48 Å². The molecule has 1 radical (unpaired) electrons. The second-order valence-corrected chi connectivity index (χ2v) is 3.89. The third kappa shape index (κ3) is 1.63. The molecule has 0 aromatic rings. The number of likely N-dealkylation sites (N-methyl/N-ethyl adjacent to an activating group) is 1. The minimum absolute atomic E-state index is 0.696. The number of thiocarbonyl (C=S) groups is 1. The lowest BCUT2D eigenvalue weighted by Crippen LogP contribution is -2.57. The normalized spacial score (nSPS) is 24.1. The van der Waals surface area contributed by atoms with Crippen LogP contribution in [0.1, 0.15) is 0 Å². The molecule has 10 heavy (non-hydrogen) atoms. The summed E-state index contributed by atoms with van der Waals surface area (Å²) in [7, 11) is 2.11. The van der Waals surface area contributed by atoms with Crippen molar-refractivity contribution in [2.45, 2.75) is 0 Å². The average molecular weight is 176 g/mol. The molecule has 1 N–H and O–H groups in total. The molecule has 0 aliphatic carbocycles. The second kappa shape index (κ2) is 3.09. The Morgan fingerprint density at radius 2 is 1.90 bits per heavy atom. The smallest absolute Gasteiger partial charge is 0.265 e. The fraction of sp³-hybridized carbons (Fsp3) is 0.833. The van der Waals surface area contributed by atoms with Crippen LogP contribution in [0, 0.1) is 0 Å². The van der Waals surface area contributed by atoms with E-state index in [0.717, 1.165) is 30.7 Å². The van der Waals surface area contributed by atoms with Gasteiger partial charge in [0.05, 0.1) is 20.1 Å². The van der Waals surface area contributed by atoms with Gasteiger partial charge in [0.15, 0.2) is 0 Å². The van der Waals surface area contributed by atoms with E-state index in [4.69, 9.17) is 24.8 Å². The van der Waals surface area contributed by atoms with Crippen LogP contribution in [0.15, 0.2) is 0 Å². The molecule has 0 spiro atoms. The molecule has 1 aliphatic heterocycles. The molecule has 1 heterocycles. The predicted octanol–water partition coefficient (Wildman–Crippen LogP) is 0.519. The molecule has 0 aromatic carbocycles. The maximum absolute atomic E-state index is 4.99. The summed E-state index contributed by atoms with van der Waals surface area (Å²) in [6, 6.07) is 0.